The number of hydrogen-bond acceptors (Lipinski definition) is 5. The highest BCUT2D eigenvalue weighted by molar-refractivity contribution is 5.50. The molecular formula is C22H35NO4. The van der Waals surface area contributed by atoms with E-state index in [-0.39, 0.29) is 12.0 Å². The topological polar surface area (TPSA) is 70.0 Å². The number of aliphatic hydroxyl groups is 2. The fourth-order valence-electron chi connectivity index (χ4n) is 4.34. The average Bonchev–Trinajstić information content (AvgIpc) is 2.71. The Bertz CT molecular complexity index is 532. The molecule has 0 spiro atoms. The van der Waals surface area contributed by atoms with Crippen molar-refractivity contribution in [1.82, 2.24) is 4.90 Å². The summed E-state index contributed by atoms with van der Waals surface area (Å²) in [7, 11) is 1.52. The molecule has 0 saturated carbocycles. The van der Waals surface area contributed by atoms with E-state index < -0.39 is 12.4 Å². The molecule has 3 atom stereocenters. The molecule has 0 aliphatic carbocycles. The minimum absolute atomic E-state index is 0.171. The Morgan fingerprint density at radius 1 is 1.15 bits per heavy atom. The summed E-state index contributed by atoms with van der Waals surface area (Å²) in [6, 6.07) is 10.4. The van der Waals surface area contributed by atoms with E-state index in [4.69, 9.17) is 4.74 Å². The Hall–Kier alpha value is -1.27. The number of nitrogens with zero attached hydrogens (tertiary/aromatic N) is 1. The summed E-state index contributed by atoms with van der Waals surface area (Å²) in [6.07, 6.45) is 7.06. The van der Waals surface area contributed by atoms with Crippen molar-refractivity contribution in [2.75, 3.05) is 20.2 Å². The molecule has 2 rings (SSSR count). The van der Waals surface area contributed by atoms with Crippen LogP contribution in [0.25, 0.3) is 0 Å². The second-order valence-corrected chi connectivity index (χ2v) is 7.64. The van der Waals surface area contributed by atoms with Crippen molar-refractivity contribution in [3.05, 3.63) is 35.9 Å². The van der Waals surface area contributed by atoms with Gasteiger partial charge in [-0.3, -0.25) is 4.90 Å². The molecule has 1 heterocycles. The van der Waals surface area contributed by atoms with E-state index in [1.165, 1.54) is 31.9 Å². The normalized spacial score (nSPS) is 20.0. The predicted molar refractivity (Wildman–Crippen MR) is 106 cm³/mol. The van der Waals surface area contributed by atoms with Crippen LogP contribution in [0.5, 0.6) is 0 Å². The molecule has 1 saturated heterocycles. The zero-order valence-corrected chi connectivity index (χ0v) is 16.6. The molecule has 1 aliphatic rings. The van der Waals surface area contributed by atoms with Gasteiger partial charge in [-0.1, -0.05) is 43.2 Å². The number of carbonyl (C=O) groups is 1. The highest BCUT2D eigenvalue weighted by Crippen LogP contribution is 2.40. The first kappa shape index (κ1) is 22.0. The number of likely N-dealkylation sites (tertiary alicyclic amines) is 1. The Kier molecular flexibility index (Phi) is 9.42. The third-order valence-corrected chi connectivity index (χ3v) is 5.78. The van der Waals surface area contributed by atoms with Gasteiger partial charge in [-0.25, -0.2) is 0 Å². The Morgan fingerprint density at radius 2 is 1.85 bits per heavy atom. The molecule has 1 fully saturated rings. The molecule has 152 valence electrons. The van der Waals surface area contributed by atoms with Gasteiger partial charge in [0, 0.05) is 19.1 Å². The molecule has 0 aromatic heterocycles. The number of hydrogen-bond donors (Lipinski definition) is 2. The van der Waals surface area contributed by atoms with Crippen LogP contribution in [0.4, 0.5) is 0 Å². The average molecular weight is 378 g/mol. The molecule has 5 nitrogen and oxygen atoms in total. The van der Waals surface area contributed by atoms with Crippen LogP contribution in [0.2, 0.25) is 0 Å². The van der Waals surface area contributed by atoms with E-state index in [1.807, 2.05) is 6.07 Å². The van der Waals surface area contributed by atoms with Crippen molar-refractivity contribution in [1.29, 1.82) is 0 Å². The Labute approximate surface area is 163 Å². The molecule has 0 radical (unpaired) electrons. The van der Waals surface area contributed by atoms with Gasteiger partial charge in [0.15, 0.2) is 6.29 Å². The fraction of sp³-hybridized carbons (Fsp3) is 0.682. The SMILES string of the molecule is COC(O)CCCCC(CC(O)CC=O)(c1ccccc1)N1CCCCC1. The van der Waals surface area contributed by atoms with Crippen LogP contribution in [-0.2, 0) is 15.1 Å². The Balaban J connectivity index is 2.25. The molecule has 0 bridgehead atoms. The lowest BCUT2D eigenvalue weighted by Gasteiger charge is -2.48. The predicted octanol–water partition coefficient (Wildman–Crippen LogP) is 3.23. The van der Waals surface area contributed by atoms with Gasteiger partial charge in [-0.15, -0.1) is 0 Å². The lowest BCUT2D eigenvalue weighted by Crippen LogP contribution is -2.50. The molecule has 1 aromatic carbocycles. The molecule has 3 unspecified atom stereocenters. The number of carbonyl (C=O) groups excluding carboxylic acids is 1. The van der Waals surface area contributed by atoms with E-state index in [1.54, 1.807) is 0 Å². The standard InChI is InChI=1S/C22H35NO4/c1-27-21(26)12-6-7-14-22(18-20(25)13-17-24,19-10-4-2-5-11-19)23-15-8-3-9-16-23/h2,4-5,10-11,17,20-21,25-26H,3,6-9,12-16,18H2,1H3. The summed E-state index contributed by atoms with van der Waals surface area (Å²) in [5, 5.41) is 20.2. The first-order valence-corrected chi connectivity index (χ1v) is 10.3. The number of aldehydes is 1. The van der Waals surface area contributed by atoms with Crippen molar-refractivity contribution in [2.45, 2.75) is 75.7 Å². The highest BCUT2D eigenvalue weighted by Gasteiger charge is 2.40. The second-order valence-electron chi connectivity index (χ2n) is 7.64. The molecule has 27 heavy (non-hydrogen) atoms. The zero-order chi connectivity index (χ0) is 19.5. The first-order valence-electron chi connectivity index (χ1n) is 10.3. The van der Waals surface area contributed by atoms with Gasteiger partial charge in [0.25, 0.3) is 0 Å². The van der Waals surface area contributed by atoms with Gasteiger partial charge in [0.1, 0.15) is 6.29 Å². The van der Waals surface area contributed by atoms with Crippen molar-refractivity contribution < 1.29 is 19.7 Å². The maximum Gasteiger partial charge on any atom is 0.154 e. The van der Waals surface area contributed by atoms with E-state index >= 15 is 0 Å². The number of benzene rings is 1. The zero-order valence-electron chi connectivity index (χ0n) is 16.6. The summed E-state index contributed by atoms with van der Waals surface area (Å²) < 4.78 is 4.95. The quantitative estimate of drug-likeness (QED) is 0.332. The second kappa shape index (κ2) is 11.5. The number of rotatable bonds is 12. The minimum Gasteiger partial charge on any atom is -0.393 e. The van der Waals surface area contributed by atoms with Crippen LogP contribution in [0.3, 0.4) is 0 Å². The maximum absolute atomic E-state index is 11.0. The van der Waals surface area contributed by atoms with E-state index in [9.17, 15) is 15.0 Å². The number of ether oxygens (including phenoxy) is 1. The van der Waals surface area contributed by atoms with E-state index in [2.05, 4.69) is 29.2 Å². The van der Waals surface area contributed by atoms with Crippen LogP contribution < -0.4 is 0 Å². The van der Waals surface area contributed by atoms with Crippen LogP contribution in [-0.4, -0.2) is 54.0 Å². The van der Waals surface area contributed by atoms with Crippen LogP contribution >= 0.6 is 0 Å². The van der Waals surface area contributed by atoms with Crippen molar-refractivity contribution in [3.8, 4) is 0 Å². The lowest BCUT2D eigenvalue weighted by molar-refractivity contribution is -0.110. The Morgan fingerprint density at radius 3 is 2.48 bits per heavy atom. The van der Waals surface area contributed by atoms with Gasteiger partial charge in [-0.2, -0.15) is 0 Å². The van der Waals surface area contributed by atoms with Gasteiger partial charge in [0.05, 0.1) is 6.10 Å². The van der Waals surface area contributed by atoms with Crippen LogP contribution in [0, 0.1) is 0 Å². The number of unbranched alkanes of at least 4 members (excludes halogenated alkanes) is 1. The van der Waals surface area contributed by atoms with Gasteiger partial charge in [0.2, 0.25) is 0 Å². The molecular weight excluding hydrogens is 342 g/mol. The van der Waals surface area contributed by atoms with Gasteiger partial charge in [-0.05, 0) is 57.2 Å². The third kappa shape index (κ3) is 6.39. The van der Waals surface area contributed by atoms with E-state index in [0.717, 1.165) is 38.6 Å². The molecule has 0 amide bonds. The monoisotopic (exact) mass is 377 g/mol. The van der Waals surface area contributed by atoms with Crippen molar-refractivity contribution in [3.63, 3.8) is 0 Å². The maximum atomic E-state index is 11.0. The molecule has 1 aliphatic heterocycles. The highest BCUT2D eigenvalue weighted by atomic mass is 16.6. The number of piperidine rings is 1. The largest absolute Gasteiger partial charge is 0.393 e. The van der Waals surface area contributed by atoms with E-state index in [0.29, 0.717) is 12.8 Å². The molecule has 5 heteroatoms. The number of methoxy groups -OCH3 is 1. The molecule has 2 N–H and O–H groups in total. The summed E-state index contributed by atoms with van der Waals surface area (Å²) in [6.45, 7) is 2.03. The first-order chi connectivity index (χ1) is 13.1. The summed E-state index contributed by atoms with van der Waals surface area (Å²) >= 11 is 0. The van der Waals surface area contributed by atoms with Crippen molar-refractivity contribution in [2.24, 2.45) is 0 Å². The summed E-state index contributed by atoms with van der Waals surface area (Å²) in [5.41, 5.74) is 0.937. The fourth-order valence-corrected chi connectivity index (χ4v) is 4.34. The lowest BCUT2D eigenvalue weighted by atomic mass is 9.77. The van der Waals surface area contributed by atoms with Crippen molar-refractivity contribution >= 4 is 6.29 Å². The van der Waals surface area contributed by atoms with Crippen LogP contribution in [0.15, 0.2) is 30.3 Å². The van der Waals surface area contributed by atoms with Gasteiger partial charge >= 0.3 is 0 Å². The molecule has 1 aromatic rings. The third-order valence-electron chi connectivity index (χ3n) is 5.78. The summed E-state index contributed by atoms with van der Waals surface area (Å²) in [4.78, 5) is 13.5. The van der Waals surface area contributed by atoms with Gasteiger partial charge < -0.3 is 19.7 Å². The minimum atomic E-state index is -0.716. The summed E-state index contributed by atoms with van der Waals surface area (Å²) in [5.74, 6) is 0. The smallest absolute Gasteiger partial charge is 0.154 e. The van der Waals surface area contributed by atoms with Crippen LogP contribution in [0.1, 0.15) is 63.4 Å². The number of aliphatic hydroxyl groups excluding tert-OH is 2.